The molecule has 21 heavy (non-hydrogen) atoms. The average molecular weight is 302 g/mol. The zero-order valence-corrected chi connectivity index (χ0v) is 12.3. The molecule has 0 radical (unpaired) electrons. The molecule has 1 aromatic rings. The van der Waals surface area contributed by atoms with Crippen LogP contribution in [0.1, 0.15) is 26.7 Å². The van der Waals surface area contributed by atoms with Gasteiger partial charge in [0, 0.05) is 36.9 Å². The quantitative estimate of drug-likeness (QED) is 0.920. The molecule has 0 spiro atoms. The van der Waals surface area contributed by atoms with Crippen molar-refractivity contribution in [1.29, 1.82) is 0 Å². The normalized spacial score (nSPS) is 23.2. The molecule has 1 fully saturated rings. The second-order valence-corrected chi connectivity index (χ2v) is 5.27. The Hall–Kier alpha value is -1.43. The summed E-state index contributed by atoms with van der Waals surface area (Å²) in [6.07, 6.45) is -2.72. The van der Waals surface area contributed by atoms with E-state index in [0.29, 0.717) is 6.04 Å². The van der Waals surface area contributed by atoms with Crippen LogP contribution in [-0.2, 0) is 0 Å². The second kappa shape index (κ2) is 6.56. The molecule has 1 aliphatic heterocycles. The van der Waals surface area contributed by atoms with Crippen LogP contribution in [0.4, 0.5) is 18.9 Å². The Morgan fingerprint density at radius 3 is 2.67 bits per heavy atom. The van der Waals surface area contributed by atoms with Gasteiger partial charge in [-0.25, -0.2) is 0 Å². The number of nitrogens with one attached hydrogen (secondary N) is 1. The molecule has 1 aromatic carbocycles. The Kier molecular flexibility index (Phi) is 4.98. The van der Waals surface area contributed by atoms with Crippen LogP contribution in [-0.4, -0.2) is 31.5 Å². The van der Waals surface area contributed by atoms with E-state index in [1.165, 1.54) is 12.1 Å². The summed E-state index contributed by atoms with van der Waals surface area (Å²) < 4.78 is 41.0. The fraction of sp³-hybridized carbons (Fsp3) is 0.600. The van der Waals surface area contributed by atoms with Gasteiger partial charge in [-0.1, -0.05) is 19.9 Å². The smallest absolute Gasteiger partial charge is 0.406 e. The van der Waals surface area contributed by atoms with Crippen molar-refractivity contribution in [2.24, 2.45) is 0 Å². The number of piperazine rings is 1. The summed E-state index contributed by atoms with van der Waals surface area (Å²) in [7, 11) is 0. The number of hydrogen-bond donors (Lipinski definition) is 1. The van der Waals surface area contributed by atoms with Gasteiger partial charge in [0.15, 0.2) is 0 Å². The zero-order chi connectivity index (χ0) is 15.5. The van der Waals surface area contributed by atoms with Crippen LogP contribution in [0.2, 0.25) is 0 Å². The Morgan fingerprint density at radius 1 is 1.29 bits per heavy atom. The summed E-state index contributed by atoms with van der Waals surface area (Å²) in [5, 5.41) is 3.47. The van der Waals surface area contributed by atoms with E-state index in [4.69, 9.17) is 0 Å². The molecule has 2 atom stereocenters. The van der Waals surface area contributed by atoms with Gasteiger partial charge in [0.1, 0.15) is 5.75 Å². The van der Waals surface area contributed by atoms with Crippen molar-refractivity contribution in [2.75, 3.05) is 18.0 Å². The predicted octanol–water partition coefficient (Wildman–Crippen LogP) is 3.55. The topological polar surface area (TPSA) is 24.5 Å². The van der Waals surface area contributed by atoms with Gasteiger partial charge in [0.05, 0.1) is 0 Å². The second-order valence-electron chi connectivity index (χ2n) is 5.27. The van der Waals surface area contributed by atoms with E-state index >= 15 is 0 Å². The van der Waals surface area contributed by atoms with Gasteiger partial charge in [-0.15, -0.1) is 13.2 Å². The molecule has 0 saturated carbocycles. The first kappa shape index (κ1) is 15.9. The molecule has 6 heteroatoms. The number of ether oxygens (including phenoxy) is 1. The number of anilines is 1. The largest absolute Gasteiger partial charge is 0.573 e. The molecular weight excluding hydrogens is 281 g/mol. The fourth-order valence-corrected chi connectivity index (χ4v) is 2.68. The molecule has 2 unspecified atom stereocenters. The highest BCUT2D eigenvalue weighted by atomic mass is 19.4. The van der Waals surface area contributed by atoms with Crippen molar-refractivity contribution >= 4 is 5.69 Å². The van der Waals surface area contributed by atoms with Crippen LogP contribution < -0.4 is 15.0 Å². The molecule has 3 nitrogen and oxygen atoms in total. The molecule has 0 bridgehead atoms. The minimum atomic E-state index is -4.65. The fourth-order valence-electron chi connectivity index (χ4n) is 2.68. The summed E-state index contributed by atoms with van der Waals surface area (Å²) in [6.45, 7) is 5.83. The molecule has 1 saturated heterocycles. The lowest BCUT2D eigenvalue weighted by Gasteiger charge is -2.41. The van der Waals surface area contributed by atoms with E-state index in [-0.39, 0.29) is 11.8 Å². The Bertz CT molecular complexity index is 464. The summed E-state index contributed by atoms with van der Waals surface area (Å²) in [6, 6.07) is 6.88. The van der Waals surface area contributed by atoms with Gasteiger partial charge < -0.3 is 15.0 Å². The highest BCUT2D eigenvalue weighted by Gasteiger charge is 2.32. The van der Waals surface area contributed by atoms with E-state index in [1.54, 1.807) is 6.07 Å². The lowest BCUT2D eigenvalue weighted by atomic mass is 10.0. The number of hydrogen-bond acceptors (Lipinski definition) is 3. The lowest BCUT2D eigenvalue weighted by molar-refractivity contribution is -0.274. The standard InChI is InChI=1S/C15H21F3N2O/c1-3-11-10-20(12(4-2)9-19-11)13-6-5-7-14(8-13)21-15(16,17)18/h5-8,11-12,19H,3-4,9-10H2,1-2H3. The summed E-state index contributed by atoms with van der Waals surface area (Å²) in [5.41, 5.74) is 0.781. The maximum Gasteiger partial charge on any atom is 0.573 e. The van der Waals surface area contributed by atoms with Crippen molar-refractivity contribution in [3.63, 3.8) is 0 Å². The van der Waals surface area contributed by atoms with Crippen molar-refractivity contribution in [3.05, 3.63) is 24.3 Å². The van der Waals surface area contributed by atoms with Gasteiger partial charge in [-0.05, 0) is 25.0 Å². The van der Waals surface area contributed by atoms with Crippen LogP contribution in [0.25, 0.3) is 0 Å². The van der Waals surface area contributed by atoms with Crippen LogP contribution in [0.5, 0.6) is 5.75 Å². The maximum atomic E-state index is 12.3. The number of nitrogens with zero attached hydrogens (tertiary/aromatic N) is 1. The van der Waals surface area contributed by atoms with Crippen LogP contribution in [0.15, 0.2) is 24.3 Å². The van der Waals surface area contributed by atoms with Crippen LogP contribution in [0, 0.1) is 0 Å². The van der Waals surface area contributed by atoms with Crippen molar-refractivity contribution in [1.82, 2.24) is 5.32 Å². The van der Waals surface area contributed by atoms with Crippen molar-refractivity contribution in [2.45, 2.75) is 45.1 Å². The van der Waals surface area contributed by atoms with Gasteiger partial charge in [0.2, 0.25) is 0 Å². The summed E-state index contributed by atoms with van der Waals surface area (Å²) in [4.78, 5) is 2.17. The summed E-state index contributed by atoms with van der Waals surface area (Å²) in [5.74, 6) is -0.165. The van der Waals surface area contributed by atoms with Gasteiger partial charge in [-0.3, -0.25) is 0 Å². The molecule has 1 N–H and O–H groups in total. The highest BCUT2D eigenvalue weighted by molar-refractivity contribution is 5.52. The van der Waals surface area contributed by atoms with Crippen molar-refractivity contribution < 1.29 is 17.9 Å². The molecule has 1 heterocycles. The molecule has 2 rings (SSSR count). The third kappa shape index (κ3) is 4.27. The molecule has 118 valence electrons. The lowest BCUT2D eigenvalue weighted by Crippen LogP contribution is -2.56. The van der Waals surface area contributed by atoms with E-state index in [9.17, 15) is 13.2 Å². The van der Waals surface area contributed by atoms with E-state index in [1.807, 2.05) is 6.07 Å². The number of benzene rings is 1. The highest BCUT2D eigenvalue weighted by Crippen LogP contribution is 2.29. The SMILES string of the molecule is CCC1CN(c2cccc(OC(F)(F)F)c2)C(CC)CN1. The average Bonchev–Trinajstić information content (AvgIpc) is 2.45. The maximum absolute atomic E-state index is 12.3. The third-order valence-corrected chi connectivity index (χ3v) is 3.85. The van der Waals surface area contributed by atoms with Gasteiger partial charge in [-0.2, -0.15) is 0 Å². The first-order valence-corrected chi connectivity index (χ1v) is 7.28. The minimum Gasteiger partial charge on any atom is -0.406 e. The van der Waals surface area contributed by atoms with E-state index in [2.05, 4.69) is 28.8 Å². The number of alkyl halides is 3. The van der Waals surface area contributed by atoms with Crippen LogP contribution >= 0.6 is 0 Å². The van der Waals surface area contributed by atoms with E-state index in [0.717, 1.165) is 31.6 Å². The Morgan fingerprint density at radius 2 is 2.05 bits per heavy atom. The van der Waals surface area contributed by atoms with Crippen molar-refractivity contribution in [3.8, 4) is 5.75 Å². The first-order valence-electron chi connectivity index (χ1n) is 7.28. The molecule has 0 amide bonds. The monoisotopic (exact) mass is 302 g/mol. The minimum absolute atomic E-state index is 0.165. The first-order chi connectivity index (χ1) is 9.93. The number of halogens is 3. The third-order valence-electron chi connectivity index (χ3n) is 3.85. The zero-order valence-electron chi connectivity index (χ0n) is 12.3. The summed E-state index contributed by atoms with van der Waals surface area (Å²) >= 11 is 0. The molecule has 1 aliphatic rings. The Labute approximate surface area is 123 Å². The molecular formula is C15H21F3N2O. The van der Waals surface area contributed by atoms with Gasteiger partial charge in [0.25, 0.3) is 0 Å². The van der Waals surface area contributed by atoms with Crippen LogP contribution in [0.3, 0.4) is 0 Å². The molecule has 0 aromatic heterocycles. The molecule has 0 aliphatic carbocycles. The predicted molar refractivity (Wildman–Crippen MR) is 76.6 cm³/mol. The number of rotatable bonds is 4. The van der Waals surface area contributed by atoms with E-state index < -0.39 is 6.36 Å². The Balaban J connectivity index is 2.20. The van der Waals surface area contributed by atoms with Gasteiger partial charge >= 0.3 is 6.36 Å².